The maximum atomic E-state index is 12.8. The molecule has 1 aromatic rings. The van der Waals surface area contributed by atoms with Crippen LogP contribution in [0.4, 0.5) is 4.39 Å². The lowest BCUT2D eigenvalue weighted by molar-refractivity contribution is -0.127. The van der Waals surface area contributed by atoms with Gasteiger partial charge in [0.15, 0.2) is 5.84 Å². The Hall–Kier alpha value is -2.11. The summed E-state index contributed by atoms with van der Waals surface area (Å²) in [5.41, 5.74) is 5.61. The van der Waals surface area contributed by atoms with Crippen LogP contribution in [-0.4, -0.2) is 23.5 Å². The minimum Gasteiger partial charge on any atom is -0.409 e. The monoisotopic (exact) mass is 295 g/mol. The smallest absolute Gasteiger partial charge is 0.233 e. The van der Waals surface area contributed by atoms with E-state index in [-0.39, 0.29) is 17.6 Å². The summed E-state index contributed by atoms with van der Waals surface area (Å²) in [5.74, 6) is -0.623. The van der Waals surface area contributed by atoms with Gasteiger partial charge in [0.1, 0.15) is 11.2 Å². The van der Waals surface area contributed by atoms with Crippen molar-refractivity contribution in [1.29, 1.82) is 0 Å². The summed E-state index contributed by atoms with van der Waals surface area (Å²) >= 11 is 0. The van der Waals surface area contributed by atoms with Crippen molar-refractivity contribution in [3.8, 4) is 0 Å². The minimum absolute atomic E-state index is 0.0771. The van der Waals surface area contributed by atoms with Crippen molar-refractivity contribution in [3.05, 3.63) is 35.6 Å². The number of hydrogen-bond acceptors (Lipinski definition) is 3. The summed E-state index contributed by atoms with van der Waals surface area (Å²) in [7, 11) is 0. The predicted octanol–water partition coefficient (Wildman–Crippen LogP) is 2.04. The first-order chi connectivity index (χ1) is 10.00. The molecule has 4 N–H and O–H groups in total. The summed E-state index contributed by atoms with van der Waals surface area (Å²) in [6, 6.07) is 6.13. The largest absolute Gasteiger partial charge is 0.409 e. The molecule has 0 saturated carbocycles. The topological polar surface area (TPSA) is 87.7 Å². The highest BCUT2D eigenvalue weighted by atomic mass is 19.1. The van der Waals surface area contributed by atoms with E-state index >= 15 is 0 Å². The van der Waals surface area contributed by atoms with Crippen molar-refractivity contribution in [1.82, 2.24) is 5.32 Å². The van der Waals surface area contributed by atoms with Crippen molar-refractivity contribution in [2.45, 2.75) is 33.1 Å². The number of nitrogens with zero attached hydrogens (tertiary/aromatic N) is 1. The third-order valence-electron chi connectivity index (χ3n) is 3.85. The van der Waals surface area contributed by atoms with E-state index in [0.29, 0.717) is 25.8 Å². The molecule has 0 radical (unpaired) electrons. The first-order valence-electron chi connectivity index (χ1n) is 7.01. The minimum atomic E-state index is -0.989. The number of carbonyl (C=O) groups excluding carboxylic acids is 1. The SMILES string of the molecule is CCC(CC)(C(=O)NCCc1ccc(F)cc1)C(N)=NO. The lowest BCUT2D eigenvalue weighted by atomic mass is 9.80. The van der Waals surface area contributed by atoms with Crippen molar-refractivity contribution in [3.63, 3.8) is 0 Å². The fourth-order valence-corrected chi connectivity index (χ4v) is 2.29. The molecule has 0 saturated heterocycles. The normalized spacial score (nSPS) is 12.2. The van der Waals surface area contributed by atoms with Gasteiger partial charge >= 0.3 is 0 Å². The van der Waals surface area contributed by atoms with Gasteiger partial charge in [0.2, 0.25) is 5.91 Å². The Morgan fingerprint density at radius 3 is 2.38 bits per heavy atom. The first kappa shape index (κ1) is 16.9. The third kappa shape index (κ3) is 3.93. The quantitative estimate of drug-likeness (QED) is 0.311. The number of nitrogens with two attached hydrogens (primary N) is 1. The van der Waals surface area contributed by atoms with E-state index in [1.165, 1.54) is 12.1 Å². The van der Waals surface area contributed by atoms with Crippen LogP contribution >= 0.6 is 0 Å². The highest BCUT2D eigenvalue weighted by Gasteiger charge is 2.39. The van der Waals surface area contributed by atoms with E-state index in [0.717, 1.165) is 5.56 Å². The average Bonchev–Trinajstić information content (AvgIpc) is 2.50. The molecule has 1 aromatic carbocycles. The maximum Gasteiger partial charge on any atom is 0.233 e. The third-order valence-corrected chi connectivity index (χ3v) is 3.85. The molecule has 116 valence electrons. The highest BCUT2D eigenvalue weighted by molar-refractivity contribution is 6.06. The van der Waals surface area contributed by atoms with Gasteiger partial charge in [0, 0.05) is 6.54 Å². The van der Waals surface area contributed by atoms with Gasteiger partial charge in [-0.2, -0.15) is 0 Å². The van der Waals surface area contributed by atoms with E-state index in [9.17, 15) is 9.18 Å². The molecule has 0 atom stereocenters. The Bertz CT molecular complexity index is 496. The fraction of sp³-hybridized carbons (Fsp3) is 0.467. The predicted molar refractivity (Wildman–Crippen MR) is 79.5 cm³/mol. The number of hydrogen-bond donors (Lipinski definition) is 3. The Kier molecular flexibility index (Phi) is 6.14. The van der Waals surface area contributed by atoms with Gasteiger partial charge in [0.05, 0.1) is 0 Å². The van der Waals surface area contributed by atoms with E-state index in [2.05, 4.69) is 10.5 Å². The summed E-state index contributed by atoms with van der Waals surface area (Å²) in [5, 5.41) is 14.6. The number of oxime groups is 1. The molecule has 0 unspecified atom stereocenters. The number of amidine groups is 1. The molecule has 1 rings (SSSR count). The molecule has 0 fully saturated rings. The van der Waals surface area contributed by atoms with Crippen LogP contribution in [0, 0.1) is 11.2 Å². The van der Waals surface area contributed by atoms with Crippen LogP contribution in [0.15, 0.2) is 29.4 Å². The zero-order valence-electron chi connectivity index (χ0n) is 12.4. The van der Waals surface area contributed by atoms with Gasteiger partial charge in [-0.25, -0.2) is 4.39 Å². The number of benzene rings is 1. The van der Waals surface area contributed by atoms with Crippen LogP contribution < -0.4 is 11.1 Å². The van der Waals surface area contributed by atoms with Crippen molar-refractivity contribution in [2.75, 3.05) is 6.54 Å². The van der Waals surface area contributed by atoms with Crippen molar-refractivity contribution < 1.29 is 14.4 Å². The number of nitrogens with one attached hydrogen (secondary N) is 1. The molecule has 6 heteroatoms. The molecule has 5 nitrogen and oxygen atoms in total. The molecule has 0 aliphatic heterocycles. The van der Waals surface area contributed by atoms with E-state index < -0.39 is 5.41 Å². The molecular weight excluding hydrogens is 273 g/mol. The molecule has 0 bridgehead atoms. The maximum absolute atomic E-state index is 12.8. The lowest BCUT2D eigenvalue weighted by Crippen LogP contribution is -2.49. The Labute approximate surface area is 124 Å². The number of carbonyl (C=O) groups is 1. The summed E-state index contributed by atoms with van der Waals surface area (Å²) in [4.78, 5) is 12.3. The second-order valence-electron chi connectivity index (χ2n) is 4.91. The summed E-state index contributed by atoms with van der Waals surface area (Å²) in [6.45, 7) is 4.05. The van der Waals surface area contributed by atoms with Crippen molar-refractivity contribution in [2.24, 2.45) is 16.3 Å². The van der Waals surface area contributed by atoms with Crippen LogP contribution in [0.3, 0.4) is 0 Å². The van der Waals surface area contributed by atoms with Gasteiger partial charge in [0.25, 0.3) is 0 Å². The molecule has 0 heterocycles. The summed E-state index contributed by atoms with van der Waals surface area (Å²) in [6.07, 6.45) is 1.48. The molecule has 0 aromatic heterocycles. The van der Waals surface area contributed by atoms with Gasteiger partial charge in [-0.3, -0.25) is 4.79 Å². The highest BCUT2D eigenvalue weighted by Crippen LogP contribution is 2.26. The van der Waals surface area contributed by atoms with Crippen molar-refractivity contribution >= 4 is 11.7 Å². The van der Waals surface area contributed by atoms with Gasteiger partial charge < -0.3 is 16.3 Å². The second kappa shape index (κ2) is 7.61. The van der Waals surface area contributed by atoms with Gasteiger partial charge in [-0.15, -0.1) is 0 Å². The van der Waals surface area contributed by atoms with Crippen LogP contribution in [0.5, 0.6) is 0 Å². The zero-order chi connectivity index (χ0) is 15.9. The van der Waals surface area contributed by atoms with Gasteiger partial charge in [-0.05, 0) is 37.0 Å². The molecule has 0 spiro atoms. The van der Waals surface area contributed by atoms with Crippen LogP contribution in [0.25, 0.3) is 0 Å². The number of rotatable bonds is 7. The van der Waals surface area contributed by atoms with E-state index in [4.69, 9.17) is 10.9 Å². The van der Waals surface area contributed by atoms with Crippen LogP contribution in [0.1, 0.15) is 32.3 Å². The van der Waals surface area contributed by atoms with E-state index in [1.54, 1.807) is 12.1 Å². The van der Waals surface area contributed by atoms with Crippen LogP contribution in [-0.2, 0) is 11.2 Å². The Morgan fingerprint density at radius 2 is 1.90 bits per heavy atom. The Morgan fingerprint density at radius 1 is 1.33 bits per heavy atom. The fourth-order valence-electron chi connectivity index (χ4n) is 2.29. The number of halogens is 1. The summed E-state index contributed by atoms with van der Waals surface area (Å²) < 4.78 is 12.8. The molecule has 21 heavy (non-hydrogen) atoms. The van der Waals surface area contributed by atoms with Crippen LogP contribution in [0.2, 0.25) is 0 Å². The molecule has 1 amide bonds. The molecule has 0 aliphatic rings. The molecular formula is C15H22FN3O2. The number of amides is 1. The lowest BCUT2D eigenvalue weighted by Gasteiger charge is -2.28. The first-order valence-corrected chi connectivity index (χ1v) is 7.01. The average molecular weight is 295 g/mol. The molecule has 0 aliphatic carbocycles. The van der Waals surface area contributed by atoms with Gasteiger partial charge in [-0.1, -0.05) is 31.1 Å². The Balaban J connectivity index is 2.64. The second-order valence-corrected chi connectivity index (χ2v) is 4.91. The standard InChI is InChI=1S/C15H22FN3O2/c1-3-15(4-2,13(17)19-21)14(20)18-10-9-11-5-7-12(16)8-6-11/h5-8,21H,3-4,9-10H2,1-2H3,(H2,17,19)(H,18,20). The van der Waals surface area contributed by atoms with E-state index in [1.807, 2.05) is 13.8 Å². The zero-order valence-corrected chi connectivity index (χ0v) is 12.4.